The molecular formula is C41H45NO8SSi. The van der Waals surface area contributed by atoms with Crippen LogP contribution in [0.25, 0.3) is 0 Å². The number of rotatable bonds is 14. The molecule has 0 aliphatic carbocycles. The summed E-state index contributed by atoms with van der Waals surface area (Å²) in [4.78, 5) is 11.3. The van der Waals surface area contributed by atoms with Crippen LogP contribution in [0.1, 0.15) is 61.9 Å². The summed E-state index contributed by atoms with van der Waals surface area (Å²) in [5, 5.41) is 11.1. The van der Waals surface area contributed by atoms with Gasteiger partial charge in [-0.25, -0.2) is 4.79 Å². The quantitative estimate of drug-likeness (QED) is 0.117. The topological polar surface area (TPSA) is 116 Å². The van der Waals surface area contributed by atoms with E-state index in [1.807, 2.05) is 56.3 Å². The van der Waals surface area contributed by atoms with Crippen molar-refractivity contribution in [1.82, 2.24) is 0 Å². The molecule has 1 N–H and O–H groups in total. The molecule has 0 unspecified atom stereocenters. The van der Waals surface area contributed by atoms with Crippen molar-refractivity contribution in [2.75, 3.05) is 17.5 Å². The maximum absolute atomic E-state index is 14.6. The van der Waals surface area contributed by atoms with Crippen molar-refractivity contribution in [1.29, 1.82) is 0 Å². The first kappa shape index (κ1) is 36.9. The van der Waals surface area contributed by atoms with Crippen molar-refractivity contribution in [3.63, 3.8) is 0 Å². The molecule has 0 radical (unpaired) electrons. The highest BCUT2D eigenvalue weighted by Crippen LogP contribution is 2.42. The molecule has 6 rings (SSSR count). The van der Waals surface area contributed by atoms with E-state index < -0.39 is 24.3 Å². The zero-order valence-corrected chi connectivity index (χ0v) is 32.0. The molecule has 2 heterocycles. The first-order valence-corrected chi connectivity index (χ1v) is 20.8. The number of benzene rings is 4. The van der Waals surface area contributed by atoms with Crippen LogP contribution in [0, 0.1) is 5.92 Å². The highest BCUT2D eigenvalue weighted by molar-refractivity contribution is 7.92. The average Bonchev–Trinajstić information content (AvgIpc) is 3.80. The third kappa shape index (κ3) is 7.53. The van der Waals surface area contributed by atoms with Crippen molar-refractivity contribution >= 4 is 40.4 Å². The van der Waals surface area contributed by atoms with E-state index in [2.05, 4.69) is 45.0 Å². The van der Waals surface area contributed by atoms with Gasteiger partial charge >= 0.3 is 5.97 Å². The second kappa shape index (κ2) is 15.0. The summed E-state index contributed by atoms with van der Waals surface area (Å²) in [7, 11) is -7.12. The summed E-state index contributed by atoms with van der Waals surface area (Å²) in [5.41, 5.74) is 2.16. The van der Waals surface area contributed by atoms with Crippen molar-refractivity contribution in [3.05, 3.63) is 132 Å². The number of carboxylic acids is 1. The fourth-order valence-corrected chi connectivity index (χ4v) is 12.8. The summed E-state index contributed by atoms with van der Waals surface area (Å²) >= 11 is 0. The minimum atomic E-state index is -4.22. The lowest BCUT2D eigenvalue weighted by Gasteiger charge is -2.42. The number of furan rings is 1. The number of ether oxygens (including phenoxy) is 2. The van der Waals surface area contributed by atoms with Crippen molar-refractivity contribution in [3.8, 4) is 11.5 Å². The van der Waals surface area contributed by atoms with E-state index in [1.165, 1.54) is 22.5 Å². The normalized spacial score (nSPS) is 13.1. The predicted octanol–water partition coefficient (Wildman–Crippen LogP) is 7.42. The number of carboxylic acid groups (broad SMARTS) is 1. The van der Waals surface area contributed by atoms with Crippen LogP contribution >= 0.6 is 0 Å². The average molecular weight is 740 g/mol. The number of carbonyl (C=O) groups is 1. The van der Waals surface area contributed by atoms with Gasteiger partial charge in [0.05, 0.1) is 24.5 Å². The molecule has 0 atom stereocenters. The molecule has 52 heavy (non-hydrogen) atoms. The van der Waals surface area contributed by atoms with Gasteiger partial charge in [-0.3, -0.25) is 4.31 Å². The van der Waals surface area contributed by atoms with Crippen LogP contribution in [0.4, 0.5) is 5.69 Å². The van der Waals surface area contributed by atoms with E-state index in [9.17, 15) is 18.3 Å². The Bertz CT molecular complexity index is 2070. The molecule has 1 aliphatic heterocycles. The molecule has 1 aliphatic rings. The number of anilines is 1. The minimum absolute atomic E-state index is 0.0383. The van der Waals surface area contributed by atoms with Crippen LogP contribution in [-0.4, -0.2) is 41.0 Å². The van der Waals surface area contributed by atoms with E-state index in [-0.39, 0.29) is 41.4 Å². The molecule has 9 nitrogen and oxygen atoms in total. The smallest absolute Gasteiger partial charge is 0.335 e. The SMILES string of the molecule is CC(C)CN(c1cc2c(cc1OCc1ccc(C(=O)O)cc1)OCC2)S(=O)(=O)c1ccc(CO[Si](c2ccccc2)(c2ccccc2)C(C)(C)C)o1. The van der Waals surface area contributed by atoms with Gasteiger partial charge in [-0.05, 0) is 62.8 Å². The van der Waals surface area contributed by atoms with Crippen LogP contribution in [0.15, 0.2) is 119 Å². The fourth-order valence-electron chi connectivity index (χ4n) is 6.69. The molecule has 5 aromatic rings. The van der Waals surface area contributed by atoms with Crippen LogP contribution in [0.5, 0.6) is 11.5 Å². The first-order valence-electron chi connectivity index (χ1n) is 17.4. The summed E-state index contributed by atoms with van der Waals surface area (Å²) < 4.78 is 55.8. The van der Waals surface area contributed by atoms with E-state index in [0.29, 0.717) is 36.0 Å². The minimum Gasteiger partial charge on any atom is -0.493 e. The van der Waals surface area contributed by atoms with Gasteiger partial charge in [0.2, 0.25) is 5.09 Å². The standard InChI is InChI=1S/C41H45NO8SSi/c1-29(2)26-42(36-24-32-22-23-47-37(32)25-38(36)48-27-30-16-18-31(19-17-30)40(43)44)51(45,46)39-21-20-33(50-39)28-49-52(41(3,4)5,34-12-8-6-9-13-34)35-14-10-7-11-15-35/h6-21,24-25,29H,22-23,26-28H2,1-5H3,(H,43,44). The summed E-state index contributed by atoms with van der Waals surface area (Å²) in [6, 6.07) is 33.6. The van der Waals surface area contributed by atoms with E-state index in [0.717, 1.165) is 21.5 Å². The number of aromatic carboxylic acids is 1. The number of fused-ring (bicyclic) bond motifs is 1. The molecule has 4 aromatic carbocycles. The molecule has 0 saturated carbocycles. The van der Waals surface area contributed by atoms with Gasteiger partial charge in [-0.2, -0.15) is 8.42 Å². The van der Waals surface area contributed by atoms with Crippen LogP contribution in [-0.2, 0) is 34.1 Å². The Balaban J connectivity index is 1.33. The molecule has 11 heteroatoms. The Kier molecular flexibility index (Phi) is 10.7. The third-order valence-electron chi connectivity index (χ3n) is 9.20. The fraction of sp³-hybridized carbons (Fsp3) is 0.293. The van der Waals surface area contributed by atoms with Crippen LogP contribution in [0.3, 0.4) is 0 Å². The molecule has 0 spiro atoms. The highest BCUT2D eigenvalue weighted by atomic mass is 32.2. The maximum atomic E-state index is 14.6. The van der Waals surface area contributed by atoms with Crippen LogP contribution in [0.2, 0.25) is 5.04 Å². The van der Waals surface area contributed by atoms with Gasteiger partial charge in [0.25, 0.3) is 18.3 Å². The van der Waals surface area contributed by atoms with Crippen molar-refractivity contribution in [2.45, 2.75) is 64.4 Å². The third-order valence-corrected chi connectivity index (χ3v) is 15.8. The number of hydrogen-bond acceptors (Lipinski definition) is 7. The Hall–Kier alpha value is -4.84. The second-order valence-electron chi connectivity index (χ2n) is 14.4. The lowest BCUT2D eigenvalue weighted by atomic mass is 10.1. The largest absolute Gasteiger partial charge is 0.493 e. The van der Waals surface area contributed by atoms with Gasteiger partial charge in [0.1, 0.15) is 23.9 Å². The molecule has 1 aromatic heterocycles. The number of nitrogens with zero attached hydrogens (tertiary/aromatic N) is 1. The predicted molar refractivity (Wildman–Crippen MR) is 204 cm³/mol. The Morgan fingerprint density at radius 1 is 0.885 bits per heavy atom. The van der Waals surface area contributed by atoms with Gasteiger partial charge < -0.3 is 23.4 Å². The van der Waals surface area contributed by atoms with Gasteiger partial charge in [0, 0.05) is 19.0 Å². The zero-order valence-electron chi connectivity index (χ0n) is 30.2. The highest BCUT2D eigenvalue weighted by Gasteiger charge is 2.50. The van der Waals surface area contributed by atoms with Gasteiger partial charge in [0.15, 0.2) is 0 Å². The molecule has 0 saturated heterocycles. The zero-order chi connectivity index (χ0) is 37.1. The van der Waals surface area contributed by atoms with Crippen molar-refractivity contribution < 1.29 is 36.6 Å². The Morgan fingerprint density at radius 2 is 1.52 bits per heavy atom. The molecule has 0 amide bonds. The monoisotopic (exact) mass is 739 g/mol. The van der Waals surface area contributed by atoms with E-state index >= 15 is 0 Å². The van der Waals surface area contributed by atoms with Gasteiger partial charge in [-0.15, -0.1) is 0 Å². The molecule has 272 valence electrons. The number of hydrogen-bond donors (Lipinski definition) is 1. The van der Waals surface area contributed by atoms with Crippen molar-refractivity contribution in [2.24, 2.45) is 5.92 Å². The van der Waals surface area contributed by atoms with Crippen LogP contribution < -0.4 is 24.2 Å². The lowest BCUT2D eigenvalue weighted by Crippen LogP contribution is -2.66. The summed E-state index contributed by atoms with van der Waals surface area (Å²) in [5.74, 6) is 0.315. The van der Waals surface area contributed by atoms with Gasteiger partial charge in [-0.1, -0.05) is 107 Å². The Morgan fingerprint density at radius 3 is 2.10 bits per heavy atom. The summed E-state index contributed by atoms with van der Waals surface area (Å²) in [6.07, 6.45) is 0.638. The van der Waals surface area contributed by atoms with E-state index in [4.69, 9.17) is 18.3 Å². The first-order chi connectivity index (χ1) is 24.8. The molecular weight excluding hydrogens is 695 g/mol. The maximum Gasteiger partial charge on any atom is 0.335 e. The molecule has 0 bridgehead atoms. The molecule has 0 fully saturated rings. The lowest BCUT2D eigenvalue weighted by molar-refractivity contribution is 0.0696. The Labute approximate surface area is 307 Å². The summed E-state index contributed by atoms with van der Waals surface area (Å²) in [6.45, 7) is 11.3. The van der Waals surface area contributed by atoms with E-state index in [1.54, 1.807) is 24.3 Å². The second-order valence-corrected chi connectivity index (χ2v) is 20.5. The number of sulfonamides is 1.